The lowest BCUT2D eigenvalue weighted by molar-refractivity contribution is -0.117. The number of hydrogen-bond donors (Lipinski definition) is 0. The summed E-state index contributed by atoms with van der Waals surface area (Å²) in [6, 6.07) is 6.30. The van der Waals surface area contributed by atoms with E-state index < -0.39 is 15.9 Å². The predicted octanol–water partition coefficient (Wildman–Crippen LogP) is 2.93. The van der Waals surface area contributed by atoms with Gasteiger partial charge in [-0.2, -0.15) is 0 Å². The maximum absolute atomic E-state index is 12.8. The van der Waals surface area contributed by atoms with E-state index in [2.05, 4.69) is 20.9 Å². The molecule has 0 saturated carbocycles. The topological polar surface area (TPSA) is 85.8 Å². The van der Waals surface area contributed by atoms with Crippen LogP contribution in [0.3, 0.4) is 0 Å². The maximum atomic E-state index is 12.8. The monoisotopic (exact) mass is 468 g/mol. The first kappa shape index (κ1) is 20.6. The van der Waals surface area contributed by atoms with Crippen LogP contribution in [-0.4, -0.2) is 45.0 Å². The quantitative estimate of drug-likeness (QED) is 0.620. The molecule has 0 bridgehead atoms. The van der Waals surface area contributed by atoms with E-state index in [0.29, 0.717) is 29.5 Å². The molecule has 150 valence electrons. The summed E-state index contributed by atoms with van der Waals surface area (Å²) >= 11 is 3.36. The summed E-state index contributed by atoms with van der Waals surface area (Å²) < 4.78 is 36.0. The number of rotatable bonds is 7. The molecule has 0 spiro atoms. The number of methoxy groups -OCH3 is 1. The molecule has 1 aromatic heterocycles. The fourth-order valence-corrected chi connectivity index (χ4v) is 4.58. The number of amides is 1. The lowest BCUT2D eigenvalue weighted by Gasteiger charge is -2.28. The number of carbonyl (C=O) groups excluding carboxylic acids is 1. The van der Waals surface area contributed by atoms with Crippen molar-refractivity contribution < 1.29 is 22.7 Å². The van der Waals surface area contributed by atoms with Gasteiger partial charge in [0.25, 0.3) is 0 Å². The Labute approximate surface area is 172 Å². The highest BCUT2D eigenvalue weighted by Gasteiger charge is 2.37. The third-order valence-corrected chi connectivity index (χ3v) is 5.75. The van der Waals surface area contributed by atoms with Crippen molar-refractivity contribution in [2.75, 3.05) is 30.6 Å². The molecule has 0 saturated heterocycles. The Balaban J connectivity index is 2.11. The van der Waals surface area contributed by atoms with Crippen LogP contribution < -0.4 is 14.4 Å². The number of benzene rings is 1. The first-order valence-electron chi connectivity index (χ1n) is 8.68. The van der Waals surface area contributed by atoms with E-state index in [4.69, 9.17) is 9.47 Å². The molecule has 1 aromatic carbocycles. The first-order valence-corrected chi connectivity index (χ1v) is 11.5. The number of carbonyl (C=O) groups is 1. The molecule has 7 nitrogen and oxygen atoms in total. The molecule has 1 aliphatic rings. The number of hydrogen-bond acceptors (Lipinski definition) is 6. The van der Waals surface area contributed by atoms with Crippen molar-refractivity contribution in [1.82, 2.24) is 4.98 Å². The van der Waals surface area contributed by atoms with Gasteiger partial charge in [0.15, 0.2) is 11.5 Å². The van der Waals surface area contributed by atoms with E-state index in [0.717, 1.165) is 16.3 Å². The summed E-state index contributed by atoms with van der Waals surface area (Å²) in [6.45, 7) is 2.28. The minimum atomic E-state index is -3.39. The zero-order valence-electron chi connectivity index (χ0n) is 15.8. The Kier molecular flexibility index (Phi) is 5.95. The van der Waals surface area contributed by atoms with Gasteiger partial charge in [-0.05, 0) is 46.6 Å². The van der Waals surface area contributed by atoms with E-state index in [-0.39, 0.29) is 18.1 Å². The molecule has 1 atom stereocenters. The normalized spacial score (nSPS) is 14.7. The second kappa shape index (κ2) is 8.08. The number of aromatic nitrogens is 1. The second-order valence-electron chi connectivity index (χ2n) is 6.53. The van der Waals surface area contributed by atoms with Crippen LogP contribution >= 0.6 is 15.9 Å². The number of halogens is 1. The highest BCUT2D eigenvalue weighted by molar-refractivity contribution is 9.10. The first-order chi connectivity index (χ1) is 13.2. The fraction of sp³-hybridized carbons (Fsp3) is 0.368. The number of fused-ring (bicyclic) bond motifs is 1. The summed E-state index contributed by atoms with van der Waals surface area (Å²) in [5, 5.41) is 0. The Morgan fingerprint density at radius 3 is 2.68 bits per heavy atom. The van der Waals surface area contributed by atoms with Crippen molar-refractivity contribution in [3.05, 3.63) is 46.1 Å². The van der Waals surface area contributed by atoms with Crippen molar-refractivity contribution in [3.63, 3.8) is 0 Å². The van der Waals surface area contributed by atoms with Gasteiger partial charge in [-0.15, -0.1) is 0 Å². The largest absolute Gasteiger partial charge is 0.493 e. The van der Waals surface area contributed by atoms with E-state index in [1.807, 2.05) is 13.0 Å². The Morgan fingerprint density at radius 1 is 1.29 bits per heavy atom. The van der Waals surface area contributed by atoms with Crippen LogP contribution in [0.15, 0.2) is 34.9 Å². The maximum Gasteiger partial charge on any atom is 0.233 e. The third-order valence-electron chi connectivity index (χ3n) is 4.39. The highest BCUT2D eigenvalue weighted by atomic mass is 79.9. The fourth-order valence-electron chi connectivity index (χ4n) is 3.28. The average Bonchev–Trinajstić information content (AvgIpc) is 2.94. The van der Waals surface area contributed by atoms with Crippen LogP contribution in [0.1, 0.15) is 24.1 Å². The molecule has 3 rings (SSSR count). The van der Waals surface area contributed by atoms with E-state index >= 15 is 0 Å². The van der Waals surface area contributed by atoms with Crippen molar-refractivity contribution >= 4 is 37.5 Å². The minimum Gasteiger partial charge on any atom is -0.493 e. The molecule has 0 fully saturated rings. The van der Waals surface area contributed by atoms with E-state index in [1.165, 1.54) is 12.0 Å². The van der Waals surface area contributed by atoms with Gasteiger partial charge >= 0.3 is 0 Å². The predicted molar refractivity (Wildman–Crippen MR) is 110 cm³/mol. The molecule has 0 unspecified atom stereocenters. The van der Waals surface area contributed by atoms with Gasteiger partial charge in [-0.3, -0.25) is 9.69 Å². The van der Waals surface area contributed by atoms with Crippen molar-refractivity contribution in [2.24, 2.45) is 0 Å². The highest BCUT2D eigenvalue weighted by Crippen LogP contribution is 2.38. The molecular weight excluding hydrogens is 448 g/mol. The summed E-state index contributed by atoms with van der Waals surface area (Å²) in [4.78, 5) is 18.6. The van der Waals surface area contributed by atoms with Crippen molar-refractivity contribution in [2.45, 2.75) is 19.4 Å². The number of anilines is 1. The summed E-state index contributed by atoms with van der Waals surface area (Å²) in [6.07, 6.45) is 2.93. The Hall–Kier alpha value is -2.13. The molecule has 28 heavy (non-hydrogen) atoms. The smallest absolute Gasteiger partial charge is 0.233 e. The van der Waals surface area contributed by atoms with Gasteiger partial charge in [0.1, 0.15) is 15.7 Å². The molecular formula is C19H21BrN2O5S. The molecule has 0 aliphatic carbocycles. The van der Waals surface area contributed by atoms with Crippen LogP contribution in [-0.2, 0) is 21.1 Å². The van der Waals surface area contributed by atoms with Crippen LogP contribution in [0.5, 0.6) is 11.5 Å². The van der Waals surface area contributed by atoms with Crippen molar-refractivity contribution in [3.8, 4) is 11.5 Å². The lowest BCUT2D eigenvalue weighted by Crippen LogP contribution is -2.36. The van der Waals surface area contributed by atoms with Crippen LogP contribution in [0, 0.1) is 0 Å². The number of nitrogens with zero attached hydrogens (tertiary/aromatic N) is 2. The average molecular weight is 469 g/mol. The van der Waals surface area contributed by atoms with Crippen LogP contribution in [0.25, 0.3) is 0 Å². The van der Waals surface area contributed by atoms with Gasteiger partial charge in [0.05, 0.1) is 31.9 Å². The molecule has 0 N–H and O–H groups in total. The third kappa shape index (κ3) is 4.30. The minimum absolute atomic E-state index is 0.177. The Morgan fingerprint density at radius 2 is 2.04 bits per heavy atom. The zero-order valence-corrected chi connectivity index (χ0v) is 18.2. The van der Waals surface area contributed by atoms with E-state index in [9.17, 15) is 13.2 Å². The summed E-state index contributed by atoms with van der Waals surface area (Å²) in [5.74, 6) is 1.10. The van der Waals surface area contributed by atoms with Crippen LogP contribution in [0.2, 0.25) is 0 Å². The van der Waals surface area contributed by atoms with E-state index in [1.54, 1.807) is 24.4 Å². The molecule has 1 aliphatic heterocycles. The Bertz CT molecular complexity index is 1010. The lowest BCUT2D eigenvalue weighted by atomic mass is 10.1. The van der Waals surface area contributed by atoms with Gasteiger partial charge in [-0.1, -0.05) is 6.07 Å². The summed E-state index contributed by atoms with van der Waals surface area (Å²) in [5.41, 5.74) is 1.40. The standard InChI is InChI=1S/C19H21BrN2O5S/c1-4-27-17-8-12(5-6-16(17)26-2)15(11-28(3,24)25)22-18(23)9-13-7-14(20)10-21-19(13)22/h5-8,10,15H,4,9,11H2,1-3H3/t15-/m1/s1. The van der Waals surface area contributed by atoms with Crippen molar-refractivity contribution in [1.29, 1.82) is 0 Å². The SMILES string of the molecule is CCOc1cc([C@@H](CS(C)(=O)=O)N2C(=O)Cc3cc(Br)cnc32)ccc1OC. The molecule has 9 heteroatoms. The number of ether oxygens (including phenoxy) is 2. The van der Waals surface area contributed by atoms with Crippen LogP contribution in [0.4, 0.5) is 5.82 Å². The number of sulfone groups is 1. The molecule has 2 heterocycles. The molecule has 2 aromatic rings. The zero-order chi connectivity index (χ0) is 20.5. The van der Waals surface area contributed by atoms with Gasteiger partial charge < -0.3 is 9.47 Å². The number of pyridine rings is 1. The second-order valence-corrected chi connectivity index (χ2v) is 9.63. The molecule has 1 amide bonds. The summed E-state index contributed by atoms with van der Waals surface area (Å²) in [7, 11) is -1.85. The van der Waals surface area contributed by atoms with Gasteiger partial charge in [-0.25, -0.2) is 13.4 Å². The van der Waals surface area contributed by atoms with Gasteiger partial charge in [0.2, 0.25) is 5.91 Å². The molecule has 0 radical (unpaired) electrons. The van der Waals surface area contributed by atoms with Gasteiger partial charge in [0, 0.05) is 22.5 Å².